The van der Waals surface area contributed by atoms with Gasteiger partial charge in [-0.05, 0) is 0 Å². The number of halogens is 1. The first-order valence-corrected chi connectivity index (χ1v) is 3.67. The second-order valence-electron chi connectivity index (χ2n) is 3.54. The molecule has 0 atom stereocenters. The number of isocyanates is 1. The lowest BCUT2D eigenvalue weighted by Crippen LogP contribution is -2.67. The van der Waals surface area contributed by atoms with Crippen LogP contribution in [0.25, 0.3) is 0 Å². The molecule has 0 radical (unpaired) electrons. The Bertz CT molecular complexity index is 229. The number of nitrogens with one attached hydrogen (secondary N) is 1. The van der Waals surface area contributed by atoms with Gasteiger partial charge < -0.3 is 5.32 Å². The zero-order valence-electron chi connectivity index (χ0n) is 6.06. The number of hydrogen-bond donors (Lipinski definition) is 1. The second-order valence-corrected chi connectivity index (χ2v) is 3.54. The molecule has 0 amide bonds. The van der Waals surface area contributed by atoms with E-state index in [1.807, 2.05) is 0 Å². The Kier molecular flexibility index (Phi) is 1.20. The molecule has 1 N–H and O–H groups in total. The zero-order valence-corrected chi connectivity index (χ0v) is 6.06. The molecule has 0 aromatic carbocycles. The first-order valence-electron chi connectivity index (χ1n) is 3.67. The topological polar surface area (TPSA) is 41.5 Å². The number of hydrogen-bond acceptors (Lipinski definition) is 3. The maximum absolute atomic E-state index is 13.3. The first kappa shape index (κ1) is 6.95. The normalized spacial score (nSPS) is 47.4. The van der Waals surface area contributed by atoms with Crippen LogP contribution < -0.4 is 5.32 Å². The van der Waals surface area contributed by atoms with Gasteiger partial charge in [-0.15, -0.1) is 0 Å². The van der Waals surface area contributed by atoms with Gasteiger partial charge in [-0.1, -0.05) is 0 Å². The van der Waals surface area contributed by atoms with Crippen LogP contribution in [0.3, 0.4) is 0 Å². The molecule has 11 heavy (non-hydrogen) atoms. The molecule has 0 spiro atoms. The molecule has 1 aliphatic carbocycles. The number of piperidine rings is 2. The Balaban J connectivity index is 2.16. The number of alkyl halides is 1. The molecule has 4 heteroatoms. The van der Waals surface area contributed by atoms with Crippen LogP contribution in [0.15, 0.2) is 4.99 Å². The van der Waals surface area contributed by atoms with Crippen LogP contribution in [0.1, 0.15) is 12.8 Å². The summed E-state index contributed by atoms with van der Waals surface area (Å²) in [7, 11) is 0. The summed E-state index contributed by atoms with van der Waals surface area (Å²) in [5, 5.41) is 2.90. The molecule has 3 rings (SSSR count). The van der Waals surface area contributed by atoms with Gasteiger partial charge in [0.2, 0.25) is 6.08 Å². The average Bonchev–Trinajstić information content (AvgIpc) is 1.85. The van der Waals surface area contributed by atoms with Crippen molar-refractivity contribution >= 4 is 6.08 Å². The summed E-state index contributed by atoms with van der Waals surface area (Å²) < 4.78 is 13.3. The van der Waals surface area contributed by atoms with Crippen LogP contribution in [0.5, 0.6) is 0 Å². The lowest BCUT2D eigenvalue weighted by molar-refractivity contribution is -0.0411. The molecular weight excluding hydrogens is 147 g/mol. The summed E-state index contributed by atoms with van der Waals surface area (Å²) in [6.07, 6.45) is 2.28. The van der Waals surface area contributed by atoms with Crippen molar-refractivity contribution in [3.05, 3.63) is 0 Å². The summed E-state index contributed by atoms with van der Waals surface area (Å²) in [6, 6.07) is 0. The van der Waals surface area contributed by atoms with Crippen LogP contribution >= 0.6 is 0 Å². The van der Waals surface area contributed by atoms with Crippen LogP contribution in [-0.2, 0) is 4.79 Å². The Hall–Kier alpha value is -0.730. The Morgan fingerprint density at radius 2 is 2.18 bits per heavy atom. The predicted octanol–water partition coefficient (Wildman–Crippen LogP) is 0.166. The summed E-state index contributed by atoms with van der Waals surface area (Å²) >= 11 is 0. The highest BCUT2D eigenvalue weighted by molar-refractivity contribution is 5.37. The standard InChI is InChI=1S/C7H9FN2O/c8-6-1-7(2-6,10-5-11)4-9-3-6/h9H,1-4H2. The molecule has 3 aliphatic rings. The summed E-state index contributed by atoms with van der Waals surface area (Å²) in [6.45, 7) is 1.02. The highest BCUT2D eigenvalue weighted by Crippen LogP contribution is 2.48. The molecule has 0 unspecified atom stereocenters. The van der Waals surface area contributed by atoms with Gasteiger partial charge in [-0.2, -0.15) is 4.99 Å². The SMILES string of the molecule is O=C=NC12CNCC(F)(C1)C2. The van der Waals surface area contributed by atoms with E-state index in [0.717, 1.165) is 0 Å². The van der Waals surface area contributed by atoms with Gasteiger partial charge in [0.25, 0.3) is 0 Å². The molecule has 2 saturated heterocycles. The highest BCUT2D eigenvalue weighted by Gasteiger charge is 2.58. The molecule has 2 heterocycles. The largest absolute Gasteiger partial charge is 0.311 e. The van der Waals surface area contributed by atoms with E-state index < -0.39 is 11.2 Å². The summed E-state index contributed by atoms with van der Waals surface area (Å²) in [4.78, 5) is 13.6. The lowest BCUT2D eigenvalue weighted by atomic mass is 9.63. The lowest BCUT2D eigenvalue weighted by Gasteiger charge is -2.53. The number of aliphatic imine (C=N–C) groups is 1. The molecule has 60 valence electrons. The molecule has 2 bridgehead atoms. The molecule has 0 aromatic rings. The highest BCUT2D eigenvalue weighted by atomic mass is 19.1. The van der Waals surface area contributed by atoms with Crippen molar-refractivity contribution in [2.45, 2.75) is 24.0 Å². The number of rotatable bonds is 1. The van der Waals surface area contributed by atoms with Crippen molar-refractivity contribution in [1.29, 1.82) is 0 Å². The first-order chi connectivity index (χ1) is 5.18. The Labute approximate surface area is 63.7 Å². The van der Waals surface area contributed by atoms with Crippen LogP contribution in [0, 0.1) is 0 Å². The van der Waals surface area contributed by atoms with Gasteiger partial charge in [0.1, 0.15) is 5.67 Å². The van der Waals surface area contributed by atoms with E-state index in [4.69, 9.17) is 0 Å². The second kappa shape index (κ2) is 1.90. The van der Waals surface area contributed by atoms with E-state index in [2.05, 4.69) is 10.3 Å². The van der Waals surface area contributed by atoms with E-state index in [9.17, 15) is 9.18 Å². The third kappa shape index (κ3) is 0.905. The minimum Gasteiger partial charge on any atom is -0.311 e. The fraction of sp³-hybridized carbons (Fsp3) is 0.857. The minimum absolute atomic E-state index is 0.391. The average molecular weight is 156 g/mol. The molecule has 1 saturated carbocycles. The third-order valence-electron chi connectivity index (χ3n) is 2.47. The van der Waals surface area contributed by atoms with Crippen LogP contribution in [0.4, 0.5) is 4.39 Å². The third-order valence-corrected chi connectivity index (χ3v) is 2.47. The van der Waals surface area contributed by atoms with Crippen molar-refractivity contribution in [3.63, 3.8) is 0 Å². The van der Waals surface area contributed by atoms with Gasteiger partial charge >= 0.3 is 0 Å². The smallest absolute Gasteiger partial charge is 0.235 e. The van der Waals surface area contributed by atoms with Crippen LogP contribution in [0.2, 0.25) is 0 Å². The Morgan fingerprint density at radius 1 is 1.45 bits per heavy atom. The molecule has 0 aromatic heterocycles. The van der Waals surface area contributed by atoms with Gasteiger partial charge in [0, 0.05) is 25.9 Å². The van der Waals surface area contributed by atoms with Gasteiger partial charge in [0.15, 0.2) is 0 Å². The fourth-order valence-corrected chi connectivity index (χ4v) is 2.11. The van der Waals surface area contributed by atoms with Crippen molar-refractivity contribution in [2.75, 3.05) is 13.1 Å². The monoisotopic (exact) mass is 156 g/mol. The Morgan fingerprint density at radius 3 is 2.73 bits per heavy atom. The number of carbonyl (C=O) groups excluding carboxylic acids is 1. The fourth-order valence-electron chi connectivity index (χ4n) is 2.11. The van der Waals surface area contributed by atoms with Gasteiger partial charge in [-0.3, -0.25) is 0 Å². The maximum Gasteiger partial charge on any atom is 0.235 e. The maximum atomic E-state index is 13.3. The van der Waals surface area contributed by atoms with Gasteiger partial charge in [0.05, 0.1) is 5.54 Å². The quantitative estimate of drug-likeness (QED) is 0.434. The van der Waals surface area contributed by atoms with Crippen molar-refractivity contribution in [3.8, 4) is 0 Å². The summed E-state index contributed by atoms with van der Waals surface area (Å²) in [5.41, 5.74) is -1.55. The van der Waals surface area contributed by atoms with Crippen molar-refractivity contribution in [1.82, 2.24) is 5.32 Å². The minimum atomic E-state index is -1.10. The predicted molar refractivity (Wildman–Crippen MR) is 36.8 cm³/mol. The number of fused-ring (bicyclic) bond motifs is 2. The van der Waals surface area contributed by atoms with E-state index in [1.54, 1.807) is 0 Å². The van der Waals surface area contributed by atoms with E-state index in [1.165, 1.54) is 6.08 Å². The molecule has 3 fully saturated rings. The van der Waals surface area contributed by atoms with Gasteiger partial charge in [-0.25, -0.2) is 9.18 Å². The van der Waals surface area contributed by atoms with E-state index in [0.29, 0.717) is 25.9 Å². The van der Waals surface area contributed by atoms with E-state index in [-0.39, 0.29) is 0 Å². The zero-order chi connectivity index (χ0) is 7.95. The molecule has 2 aliphatic heterocycles. The van der Waals surface area contributed by atoms with Crippen LogP contribution in [-0.4, -0.2) is 30.4 Å². The molecule has 3 nitrogen and oxygen atoms in total. The molecular formula is C7H9FN2O. The van der Waals surface area contributed by atoms with Crippen molar-refractivity contribution < 1.29 is 9.18 Å². The van der Waals surface area contributed by atoms with E-state index >= 15 is 0 Å². The van der Waals surface area contributed by atoms with Crippen molar-refractivity contribution in [2.24, 2.45) is 4.99 Å². The number of nitrogens with zero attached hydrogens (tertiary/aromatic N) is 1. The summed E-state index contributed by atoms with van der Waals surface area (Å²) in [5.74, 6) is 0.